The average Bonchev–Trinajstić information content (AvgIpc) is 2.51. The molecule has 2 rings (SSSR count). The second kappa shape index (κ2) is 4.09. The number of primary amides is 1. The van der Waals surface area contributed by atoms with Gasteiger partial charge in [0.05, 0.1) is 11.4 Å². The molecule has 0 atom stereocenters. The lowest BCUT2D eigenvalue weighted by Gasteiger charge is -1.97. The van der Waals surface area contributed by atoms with Crippen molar-refractivity contribution < 1.29 is 4.79 Å². The van der Waals surface area contributed by atoms with Gasteiger partial charge >= 0.3 is 0 Å². The normalized spacial score (nSPS) is 11.4. The third kappa shape index (κ3) is 1.99. The van der Waals surface area contributed by atoms with Gasteiger partial charge in [0.15, 0.2) is 0 Å². The molecule has 0 aliphatic rings. The van der Waals surface area contributed by atoms with Gasteiger partial charge in [-0.1, -0.05) is 0 Å². The van der Waals surface area contributed by atoms with Crippen molar-refractivity contribution in [3.63, 3.8) is 0 Å². The molecule has 5 heteroatoms. The topological polar surface area (TPSA) is 60.4 Å². The van der Waals surface area contributed by atoms with Gasteiger partial charge in [-0.05, 0) is 41.1 Å². The Labute approximate surface area is 101 Å². The van der Waals surface area contributed by atoms with Crippen LogP contribution in [0.2, 0.25) is 0 Å². The predicted octanol–water partition coefficient (Wildman–Crippen LogP) is 1.90. The first-order chi connectivity index (χ1) is 7.58. The van der Waals surface area contributed by atoms with Crippen molar-refractivity contribution in [3.8, 4) is 0 Å². The number of nitrogens with zero attached hydrogens (tertiary/aromatic N) is 2. The molecular formula is C11H10BrN3O. The number of amides is 1. The summed E-state index contributed by atoms with van der Waals surface area (Å²) in [7, 11) is 0. The maximum atomic E-state index is 10.7. The van der Waals surface area contributed by atoms with Crippen LogP contribution in [0.4, 0.5) is 0 Å². The average molecular weight is 280 g/mol. The first kappa shape index (κ1) is 10.9. The van der Waals surface area contributed by atoms with E-state index in [0.717, 1.165) is 21.5 Å². The van der Waals surface area contributed by atoms with E-state index in [1.165, 1.54) is 6.08 Å². The molecule has 0 aliphatic heterocycles. The Kier molecular flexibility index (Phi) is 2.78. The molecule has 0 saturated carbocycles. The number of hydrogen-bond acceptors (Lipinski definition) is 2. The van der Waals surface area contributed by atoms with Gasteiger partial charge < -0.3 is 5.73 Å². The summed E-state index contributed by atoms with van der Waals surface area (Å²) >= 11 is 3.39. The first-order valence-electron chi connectivity index (χ1n) is 4.69. The van der Waals surface area contributed by atoms with Crippen LogP contribution in [0, 0.1) is 6.92 Å². The molecular weight excluding hydrogens is 270 g/mol. The molecule has 0 bridgehead atoms. The van der Waals surface area contributed by atoms with Crippen molar-refractivity contribution >= 4 is 33.6 Å². The van der Waals surface area contributed by atoms with Crippen LogP contribution >= 0.6 is 15.9 Å². The molecule has 0 radical (unpaired) electrons. The highest BCUT2D eigenvalue weighted by molar-refractivity contribution is 9.10. The lowest BCUT2D eigenvalue weighted by molar-refractivity contribution is -0.113. The van der Waals surface area contributed by atoms with E-state index in [-0.39, 0.29) is 0 Å². The summed E-state index contributed by atoms with van der Waals surface area (Å²) in [6, 6.07) is 3.82. The molecule has 0 unspecified atom stereocenters. The zero-order valence-electron chi connectivity index (χ0n) is 8.64. The van der Waals surface area contributed by atoms with E-state index >= 15 is 0 Å². The van der Waals surface area contributed by atoms with E-state index in [1.807, 2.05) is 29.7 Å². The van der Waals surface area contributed by atoms with Crippen molar-refractivity contribution in [2.24, 2.45) is 5.73 Å². The molecule has 2 N–H and O–H groups in total. The number of carbonyl (C=O) groups is 1. The fourth-order valence-corrected chi connectivity index (χ4v) is 1.85. The zero-order valence-corrected chi connectivity index (χ0v) is 10.2. The Morgan fingerprint density at radius 1 is 1.56 bits per heavy atom. The minimum atomic E-state index is -0.468. The number of carbonyl (C=O) groups excluding carboxylic acids is 1. The van der Waals surface area contributed by atoms with Crippen LogP contribution in [0.1, 0.15) is 11.4 Å². The van der Waals surface area contributed by atoms with Crippen molar-refractivity contribution in [2.45, 2.75) is 6.92 Å². The van der Waals surface area contributed by atoms with E-state index < -0.39 is 5.91 Å². The number of aromatic nitrogens is 2. The summed E-state index contributed by atoms with van der Waals surface area (Å²) in [6.07, 6.45) is 4.90. The van der Waals surface area contributed by atoms with E-state index in [2.05, 4.69) is 20.9 Å². The molecule has 82 valence electrons. The van der Waals surface area contributed by atoms with Gasteiger partial charge in [0.1, 0.15) is 5.65 Å². The first-order valence-corrected chi connectivity index (χ1v) is 5.49. The highest BCUT2D eigenvalue weighted by atomic mass is 79.9. The van der Waals surface area contributed by atoms with Gasteiger partial charge in [-0.15, -0.1) is 0 Å². The summed E-state index contributed by atoms with van der Waals surface area (Å²) in [6.45, 7) is 1.89. The van der Waals surface area contributed by atoms with Gasteiger partial charge in [0, 0.05) is 16.7 Å². The maximum absolute atomic E-state index is 10.7. The Bertz CT molecular complexity index is 586. The summed E-state index contributed by atoms with van der Waals surface area (Å²) in [5.74, 6) is -0.468. The van der Waals surface area contributed by atoms with Crippen LogP contribution in [0.5, 0.6) is 0 Å². The number of rotatable bonds is 2. The molecule has 2 heterocycles. The number of hydrogen-bond donors (Lipinski definition) is 1. The van der Waals surface area contributed by atoms with Crippen molar-refractivity contribution in [1.82, 2.24) is 9.38 Å². The van der Waals surface area contributed by atoms with Crippen LogP contribution in [-0.4, -0.2) is 15.3 Å². The SMILES string of the molecule is Cc1nc2ccc(Br)cn2c1/C=C/C(N)=O. The molecule has 0 spiro atoms. The number of aryl methyl sites for hydroxylation is 1. The minimum Gasteiger partial charge on any atom is -0.366 e. The molecule has 0 aliphatic carbocycles. The lowest BCUT2D eigenvalue weighted by atomic mass is 10.3. The second-order valence-corrected chi connectivity index (χ2v) is 4.31. The molecule has 4 nitrogen and oxygen atoms in total. The largest absolute Gasteiger partial charge is 0.366 e. The quantitative estimate of drug-likeness (QED) is 0.854. The van der Waals surface area contributed by atoms with E-state index in [9.17, 15) is 4.79 Å². The molecule has 2 aromatic rings. The maximum Gasteiger partial charge on any atom is 0.241 e. The monoisotopic (exact) mass is 279 g/mol. The lowest BCUT2D eigenvalue weighted by Crippen LogP contribution is -2.05. The number of halogens is 1. The third-order valence-electron chi connectivity index (χ3n) is 2.21. The van der Waals surface area contributed by atoms with Crippen LogP contribution in [0.15, 0.2) is 28.9 Å². The number of imidazole rings is 1. The molecule has 16 heavy (non-hydrogen) atoms. The Hall–Kier alpha value is -1.62. The molecule has 0 fully saturated rings. The zero-order chi connectivity index (χ0) is 11.7. The van der Waals surface area contributed by atoms with Crippen molar-refractivity contribution in [1.29, 1.82) is 0 Å². The summed E-state index contributed by atoms with van der Waals surface area (Å²) in [5, 5.41) is 0. The fourth-order valence-electron chi connectivity index (χ4n) is 1.52. The van der Waals surface area contributed by atoms with Crippen LogP contribution in [-0.2, 0) is 4.79 Å². The van der Waals surface area contributed by atoms with E-state index in [4.69, 9.17) is 5.73 Å². The summed E-state index contributed by atoms with van der Waals surface area (Å²) in [5.41, 5.74) is 7.62. The van der Waals surface area contributed by atoms with Crippen molar-refractivity contribution in [3.05, 3.63) is 40.3 Å². The van der Waals surface area contributed by atoms with Gasteiger partial charge in [-0.25, -0.2) is 4.98 Å². The fraction of sp³-hybridized carbons (Fsp3) is 0.0909. The number of pyridine rings is 1. The second-order valence-electron chi connectivity index (χ2n) is 3.39. The smallest absolute Gasteiger partial charge is 0.241 e. The molecule has 0 saturated heterocycles. The Morgan fingerprint density at radius 2 is 2.31 bits per heavy atom. The molecule has 2 aromatic heterocycles. The number of fused-ring (bicyclic) bond motifs is 1. The van der Waals surface area contributed by atoms with E-state index in [0.29, 0.717) is 0 Å². The highest BCUT2D eigenvalue weighted by Crippen LogP contribution is 2.17. The Balaban J connectivity index is 2.62. The third-order valence-corrected chi connectivity index (χ3v) is 2.68. The van der Waals surface area contributed by atoms with Gasteiger partial charge in [0.25, 0.3) is 0 Å². The van der Waals surface area contributed by atoms with Gasteiger partial charge in [-0.3, -0.25) is 9.20 Å². The highest BCUT2D eigenvalue weighted by Gasteiger charge is 2.05. The Morgan fingerprint density at radius 3 is 3.00 bits per heavy atom. The molecule has 0 aromatic carbocycles. The minimum absolute atomic E-state index is 0.468. The summed E-state index contributed by atoms with van der Waals surface area (Å²) < 4.78 is 2.85. The number of nitrogens with two attached hydrogens (primary N) is 1. The van der Waals surface area contributed by atoms with E-state index in [1.54, 1.807) is 6.08 Å². The van der Waals surface area contributed by atoms with Crippen LogP contribution < -0.4 is 5.73 Å². The van der Waals surface area contributed by atoms with Crippen molar-refractivity contribution in [2.75, 3.05) is 0 Å². The van der Waals surface area contributed by atoms with Gasteiger partial charge in [-0.2, -0.15) is 0 Å². The summed E-state index contributed by atoms with van der Waals surface area (Å²) in [4.78, 5) is 15.1. The molecule has 1 amide bonds. The predicted molar refractivity (Wildman–Crippen MR) is 65.9 cm³/mol. The standard InChI is InChI=1S/C11H10BrN3O/c1-7-9(3-4-10(13)16)15-6-8(12)2-5-11(15)14-7/h2-6H,1H3,(H2,13,16)/b4-3+. The van der Waals surface area contributed by atoms with Gasteiger partial charge in [0.2, 0.25) is 5.91 Å². The van der Waals surface area contributed by atoms with Crippen LogP contribution in [0.25, 0.3) is 11.7 Å². The van der Waals surface area contributed by atoms with Crippen LogP contribution in [0.3, 0.4) is 0 Å².